The Balaban J connectivity index is 2.27. The summed E-state index contributed by atoms with van der Waals surface area (Å²) in [4.78, 5) is 0. The lowest BCUT2D eigenvalue weighted by Crippen LogP contribution is -2.12. The maximum Gasteiger partial charge on any atom is 0.283 e. The summed E-state index contributed by atoms with van der Waals surface area (Å²) in [6, 6.07) is 3.72. The molecule has 1 N–H and O–H groups in total. The molecular weight excluding hydrogens is 194 g/mol. The minimum absolute atomic E-state index is 0.0438. The van der Waals surface area contributed by atoms with Gasteiger partial charge in [-0.15, -0.1) is 10.2 Å². The molecule has 5 nitrogen and oxygen atoms in total. The molecule has 80 valence electrons. The molecule has 0 aliphatic rings. The van der Waals surface area contributed by atoms with Crippen LogP contribution in [0.15, 0.2) is 21.0 Å². The van der Waals surface area contributed by atoms with Crippen LogP contribution in [0.5, 0.6) is 0 Å². The van der Waals surface area contributed by atoms with Crippen molar-refractivity contribution in [3.8, 4) is 11.7 Å². The molecule has 0 aromatic carbocycles. The topological polar surface area (TPSA) is 64.1 Å². The summed E-state index contributed by atoms with van der Waals surface area (Å²) < 4.78 is 10.8. The van der Waals surface area contributed by atoms with Gasteiger partial charge in [0.2, 0.25) is 5.89 Å². The summed E-state index contributed by atoms with van der Waals surface area (Å²) in [5, 5.41) is 10.9. The summed E-state index contributed by atoms with van der Waals surface area (Å²) in [5.74, 6) is 2.41. The number of furan rings is 1. The van der Waals surface area contributed by atoms with Crippen LogP contribution < -0.4 is 5.32 Å². The van der Waals surface area contributed by atoms with E-state index in [1.54, 1.807) is 0 Å². The fraction of sp³-hybridized carbons (Fsp3) is 0.400. The molecule has 0 fully saturated rings. The molecule has 2 aromatic rings. The number of rotatable bonds is 3. The number of nitrogens with one attached hydrogen (secondary N) is 1. The number of hydrogen-bond donors (Lipinski definition) is 1. The molecule has 0 saturated carbocycles. The van der Waals surface area contributed by atoms with Gasteiger partial charge in [0.15, 0.2) is 5.76 Å². The molecular formula is C10H13N3O2. The molecule has 0 radical (unpaired) electrons. The fourth-order valence-corrected chi connectivity index (χ4v) is 1.18. The molecule has 0 bridgehead atoms. The predicted molar refractivity (Wildman–Crippen MR) is 54.2 cm³/mol. The second-order valence-electron chi connectivity index (χ2n) is 3.37. The predicted octanol–water partition coefficient (Wildman–Crippen LogP) is 1.92. The fourth-order valence-electron chi connectivity index (χ4n) is 1.18. The van der Waals surface area contributed by atoms with Crippen LogP contribution >= 0.6 is 0 Å². The zero-order chi connectivity index (χ0) is 10.8. The maximum absolute atomic E-state index is 5.46. The van der Waals surface area contributed by atoms with Crippen LogP contribution in [0, 0.1) is 6.92 Å². The Bertz CT molecular complexity index is 447. The highest BCUT2D eigenvalue weighted by atomic mass is 16.4. The van der Waals surface area contributed by atoms with E-state index in [1.165, 1.54) is 0 Å². The maximum atomic E-state index is 5.46. The van der Waals surface area contributed by atoms with Crippen molar-refractivity contribution in [2.75, 3.05) is 7.05 Å². The van der Waals surface area contributed by atoms with Crippen molar-refractivity contribution in [2.45, 2.75) is 19.9 Å². The smallest absolute Gasteiger partial charge is 0.283 e. The van der Waals surface area contributed by atoms with E-state index < -0.39 is 0 Å². The number of aryl methyl sites for hydroxylation is 1. The SMILES string of the molecule is CNC(C)c1nnc(-c2ccc(C)o2)o1. The van der Waals surface area contributed by atoms with Crippen molar-refractivity contribution in [3.05, 3.63) is 23.8 Å². The summed E-state index contributed by atoms with van der Waals surface area (Å²) in [6.07, 6.45) is 0. The Morgan fingerprint density at radius 2 is 2.07 bits per heavy atom. The zero-order valence-corrected chi connectivity index (χ0v) is 8.94. The van der Waals surface area contributed by atoms with Gasteiger partial charge < -0.3 is 14.2 Å². The molecule has 15 heavy (non-hydrogen) atoms. The van der Waals surface area contributed by atoms with E-state index >= 15 is 0 Å². The van der Waals surface area contributed by atoms with E-state index in [0.29, 0.717) is 17.5 Å². The zero-order valence-electron chi connectivity index (χ0n) is 8.94. The van der Waals surface area contributed by atoms with Gasteiger partial charge >= 0.3 is 0 Å². The van der Waals surface area contributed by atoms with Gasteiger partial charge in [-0.05, 0) is 33.0 Å². The van der Waals surface area contributed by atoms with E-state index in [4.69, 9.17) is 8.83 Å². The van der Waals surface area contributed by atoms with Crippen LogP contribution in [0.4, 0.5) is 0 Å². The van der Waals surface area contributed by atoms with E-state index in [2.05, 4.69) is 15.5 Å². The molecule has 0 aliphatic heterocycles. The van der Waals surface area contributed by atoms with Gasteiger partial charge in [-0.25, -0.2) is 0 Å². The summed E-state index contributed by atoms with van der Waals surface area (Å²) in [6.45, 7) is 3.82. The van der Waals surface area contributed by atoms with Crippen molar-refractivity contribution in [3.63, 3.8) is 0 Å². The van der Waals surface area contributed by atoms with Gasteiger partial charge in [0.1, 0.15) is 5.76 Å². The largest absolute Gasteiger partial charge is 0.456 e. The Labute approximate surface area is 87.5 Å². The molecule has 1 unspecified atom stereocenters. The molecule has 2 aromatic heterocycles. The minimum Gasteiger partial charge on any atom is -0.456 e. The van der Waals surface area contributed by atoms with Gasteiger partial charge in [0.05, 0.1) is 6.04 Å². The lowest BCUT2D eigenvalue weighted by molar-refractivity contribution is 0.428. The van der Waals surface area contributed by atoms with Gasteiger partial charge in [-0.1, -0.05) is 0 Å². The van der Waals surface area contributed by atoms with Crippen LogP contribution in [-0.2, 0) is 0 Å². The Morgan fingerprint density at radius 1 is 1.27 bits per heavy atom. The first-order valence-corrected chi connectivity index (χ1v) is 4.78. The number of aromatic nitrogens is 2. The van der Waals surface area contributed by atoms with Gasteiger partial charge in [-0.2, -0.15) is 0 Å². The third kappa shape index (κ3) is 1.92. The Kier molecular flexibility index (Phi) is 2.55. The monoisotopic (exact) mass is 207 g/mol. The molecule has 0 amide bonds. The van der Waals surface area contributed by atoms with Crippen molar-refractivity contribution in [1.82, 2.24) is 15.5 Å². The average molecular weight is 207 g/mol. The van der Waals surface area contributed by atoms with Crippen molar-refractivity contribution in [1.29, 1.82) is 0 Å². The van der Waals surface area contributed by atoms with Gasteiger partial charge in [0.25, 0.3) is 5.89 Å². The number of hydrogen-bond acceptors (Lipinski definition) is 5. The van der Waals surface area contributed by atoms with Crippen molar-refractivity contribution < 1.29 is 8.83 Å². The first-order valence-electron chi connectivity index (χ1n) is 4.78. The molecule has 0 spiro atoms. The molecule has 2 rings (SSSR count). The van der Waals surface area contributed by atoms with E-state index in [-0.39, 0.29) is 6.04 Å². The third-order valence-electron chi connectivity index (χ3n) is 2.20. The Morgan fingerprint density at radius 3 is 2.67 bits per heavy atom. The van der Waals surface area contributed by atoms with E-state index in [1.807, 2.05) is 33.0 Å². The van der Waals surface area contributed by atoms with Crippen LogP contribution in [0.2, 0.25) is 0 Å². The van der Waals surface area contributed by atoms with Crippen LogP contribution in [-0.4, -0.2) is 17.2 Å². The molecule has 2 heterocycles. The van der Waals surface area contributed by atoms with E-state index in [9.17, 15) is 0 Å². The Hall–Kier alpha value is -1.62. The highest BCUT2D eigenvalue weighted by Gasteiger charge is 2.15. The molecule has 5 heteroatoms. The minimum atomic E-state index is 0.0438. The highest BCUT2D eigenvalue weighted by molar-refractivity contribution is 5.43. The van der Waals surface area contributed by atoms with Crippen LogP contribution in [0.25, 0.3) is 11.7 Å². The standard InChI is InChI=1S/C10H13N3O2/c1-6-4-5-8(14-6)10-13-12-9(15-10)7(2)11-3/h4-5,7,11H,1-3H3. The van der Waals surface area contributed by atoms with Crippen molar-refractivity contribution in [2.24, 2.45) is 0 Å². The second-order valence-corrected chi connectivity index (χ2v) is 3.37. The van der Waals surface area contributed by atoms with E-state index in [0.717, 1.165) is 5.76 Å². The average Bonchev–Trinajstić information content (AvgIpc) is 2.84. The summed E-state index contributed by atoms with van der Waals surface area (Å²) in [7, 11) is 1.84. The highest BCUT2D eigenvalue weighted by Crippen LogP contribution is 2.22. The first-order chi connectivity index (χ1) is 7.20. The van der Waals surface area contributed by atoms with Gasteiger partial charge in [-0.3, -0.25) is 0 Å². The van der Waals surface area contributed by atoms with Crippen LogP contribution in [0.3, 0.4) is 0 Å². The van der Waals surface area contributed by atoms with Crippen LogP contribution in [0.1, 0.15) is 24.6 Å². The van der Waals surface area contributed by atoms with Crippen molar-refractivity contribution >= 4 is 0 Å². The lowest BCUT2D eigenvalue weighted by Gasteiger charge is -2.01. The first kappa shape index (κ1) is 9.92. The summed E-state index contributed by atoms with van der Waals surface area (Å²) in [5.41, 5.74) is 0. The number of nitrogens with zero attached hydrogens (tertiary/aromatic N) is 2. The van der Waals surface area contributed by atoms with Gasteiger partial charge in [0, 0.05) is 0 Å². The molecule has 1 atom stereocenters. The quantitative estimate of drug-likeness (QED) is 0.832. The molecule has 0 aliphatic carbocycles. The molecule has 0 saturated heterocycles. The second kappa shape index (κ2) is 3.86. The normalized spacial score (nSPS) is 13.0. The third-order valence-corrected chi connectivity index (χ3v) is 2.20. The summed E-state index contributed by atoms with van der Waals surface area (Å²) >= 11 is 0. The lowest BCUT2D eigenvalue weighted by atomic mass is 10.3.